The Morgan fingerprint density at radius 1 is 1.19 bits per heavy atom. The number of aliphatic imine (C=N–C) groups is 1. The van der Waals surface area contributed by atoms with Crippen LogP contribution in [-0.4, -0.2) is 68.7 Å². The molecule has 0 radical (unpaired) electrons. The van der Waals surface area contributed by atoms with Gasteiger partial charge >= 0.3 is 0 Å². The molecule has 0 spiro atoms. The van der Waals surface area contributed by atoms with Crippen molar-refractivity contribution in [3.05, 3.63) is 65.6 Å². The summed E-state index contributed by atoms with van der Waals surface area (Å²) in [5, 5.41) is 26.6. The molecular formula is C25H26N8O2S. The molecule has 1 fully saturated rings. The van der Waals surface area contributed by atoms with Gasteiger partial charge in [-0.25, -0.2) is 8.42 Å². The summed E-state index contributed by atoms with van der Waals surface area (Å²) in [7, 11) is -3.31. The van der Waals surface area contributed by atoms with Crippen LogP contribution in [0.4, 0.5) is 0 Å². The predicted octanol–water partition coefficient (Wildman–Crippen LogP) is 2.80. The van der Waals surface area contributed by atoms with Crippen LogP contribution in [0.1, 0.15) is 29.9 Å². The minimum atomic E-state index is -3.31. The van der Waals surface area contributed by atoms with Crippen molar-refractivity contribution in [2.24, 2.45) is 4.99 Å². The number of aromatic nitrogens is 4. The molecule has 4 heterocycles. The second-order valence-corrected chi connectivity index (χ2v) is 11.2. The zero-order chi connectivity index (χ0) is 25.5. The molecule has 0 bridgehead atoms. The Kier molecular flexibility index (Phi) is 5.94. The number of pyridine rings is 1. The molecule has 1 aliphatic heterocycles. The Morgan fingerprint density at radius 3 is 2.64 bits per heavy atom. The number of rotatable bonds is 8. The Bertz CT molecular complexity index is 1640. The van der Waals surface area contributed by atoms with Gasteiger partial charge in [-0.15, -0.1) is 10.2 Å². The lowest BCUT2D eigenvalue weighted by molar-refractivity contribution is 0.166. The van der Waals surface area contributed by atoms with Crippen LogP contribution in [0.2, 0.25) is 0 Å². The Hall–Kier alpha value is -3.88. The van der Waals surface area contributed by atoms with E-state index < -0.39 is 15.6 Å². The van der Waals surface area contributed by atoms with E-state index in [0.717, 1.165) is 40.0 Å². The van der Waals surface area contributed by atoms with Gasteiger partial charge in [0.05, 0.1) is 41.2 Å². The van der Waals surface area contributed by atoms with Crippen LogP contribution >= 0.6 is 0 Å². The number of fused-ring (bicyclic) bond motifs is 3. The molecule has 1 aliphatic rings. The molecular weight excluding hydrogens is 476 g/mol. The molecule has 0 atom stereocenters. The van der Waals surface area contributed by atoms with E-state index in [2.05, 4.69) is 38.0 Å². The van der Waals surface area contributed by atoms with Crippen molar-refractivity contribution in [1.29, 1.82) is 10.7 Å². The van der Waals surface area contributed by atoms with Crippen molar-refractivity contribution in [1.82, 2.24) is 23.5 Å². The molecule has 184 valence electrons. The second kappa shape index (κ2) is 8.96. The Morgan fingerprint density at radius 2 is 1.94 bits per heavy atom. The van der Waals surface area contributed by atoms with E-state index in [1.54, 1.807) is 6.21 Å². The number of nitrogens with zero attached hydrogens (tertiary/aromatic N) is 7. The standard InChI is InChI=1S/C25H26N8O2S/c1-18-29-30-24-9-8-21-23(33(18)24)14-22(32(21)15-19-6-4-3-5-7-19)20(27)10-13-28-25(11-12-26)16-31(17-25)36(2,34)35/h3-9,13-14,27H,10-11,15-17H2,1-2H3. The molecule has 36 heavy (non-hydrogen) atoms. The van der Waals surface area contributed by atoms with Crippen molar-refractivity contribution in [3.63, 3.8) is 0 Å². The summed E-state index contributed by atoms with van der Waals surface area (Å²) in [6.45, 7) is 2.86. The van der Waals surface area contributed by atoms with E-state index >= 15 is 0 Å². The van der Waals surface area contributed by atoms with E-state index in [4.69, 9.17) is 5.41 Å². The molecule has 4 aromatic rings. The molecule has 1 aromatic carbocycles. The number of nitrogens with one attached hydrogen (secondary N) is 1. The summed E-state index contributed by atoms with van der Waals surface area (Å²) in [4.78, 5) is 4.57. The number of benzene rings is 1. The first-order valence-electron chi connectivity index (χ1n) is 11.5. The van der Waals surface area contributed by atoms with Crippen LogP contribution in [0.5, 0.6) is 0 Å². The third kappa shape index (κ3) is 4.29. The molecule has 0 aliphatic carbocycles. The molecule has 0 saturated carbocycles. The smallest absolute Gasteiger partial charge is 0.211 e. The van der Waals surface area contributed by atoms with Crippen LogP contribution < -0.4 is 0 Å². The normalized spacial score (nSPS) is 15.9. The highest BCUT2D eigenvalue weighted by atomic mass is 32.2. The Labute approximate surface area is 209 Å². The fourth-order valence-electron chi connectivity index (χ4n) is 4.69. The number of hydrogen-bond donors (Lipinski definition) is 1. The minimum Gasteiger partial charge on any atom is -0.334 e. The topological polar surface area (TPSA) is 132 Å². The third-order valence-electron chi connectivity index (χ3n) is 6.57. The highest BCUT2D eigenvalue weighted by molar-refractivity contribution is 7.88. The van der Waals surface area contributed by atoms with Gasteiger partial charge in [0.25, 0.3) is 0 Å². The molecule has 10 nitrogen and oxygen atoms in total. The zero-order valence-electron chi connectivity index (χ0n) is 20.1. The average molecular weight is 503 g/mol. The maximum Gasteiger partial charge on any atom is 0.211 e. The maximum atomic E-state index is 11.8. The van der Waals surface area contributed by atoms with E-state index in [9.17, 15) is 13.7 Å². The number of hydrogen-bond acceptors (Lipinski definition) is 7. The number of nitriles is 1. The van der Waals surface area contributed by atoms with Gasteiger partial charge in [0.2, 0.25) is 10.0 Å². The van der Waals surface area contributed by atoms with Crippen LogP contribution in [0.3, 0.4) is 0 Å². The first-order chi connectivity index (χ1) is 17.2. The molecule has 3 aromatic heterocycles. The summed E-state index contributed by atoms with van der Waals surface area (Å²) in [6, 6.07) is 18.1. The van der Waals surface area contributed by atoms with E-state index in [0.29, 0.717) is 12.3 Å². The van der Waals surface area contributed by atoms with Crippen LogP contribution in [0.15, 0.2) is 53.5 Å². The highest BCUT2D eigenvalue weighted by Crippen LogP contribution is 2.30. The summed E-state index contributed by atoms with van der Waals surface area (Å²) in [5.41, 5.74) is 4.12. The summed E-state index contributed by atoms with van der Waals surface area (Å²) < 4.78 is 29.0. The predicted molar refractivity (Wildman–Crippen MR) is 138 cm³/mol. The summed E-state index contributed by atoms with van der Waals surface area (Å²) >= 11 is 0. The molecule has 0 amide bonds. The molecule has 1 N–H and O–H groups in total. The van der Waals surface area contributed by atoms with E-state index in [1.807, 2.05) is 47.7 Å². The van der Waals surface area contributed by atoms with Gasteiger partial charge in [0, 0.05) is 32.3 Å². The van der Waals surface area contributed by atoms with Crippen molar-refractivity contribution in [2.45, 2.75) is 31.8 Å². The molecule has 1 saturated heterocycles. The van der Waals surface area contributed by atoms with Crippen LogP contribution in [0, 0.1) is 23.7 Å². The third-order valence-corrected chi connectivity index (χ3v) is 7.77. The first-order valence-corrected chi connectivity index (χ1v) is 13.4. The lowest BCUT2D eigenvalue weighted by Gasteiger charge is -2.44. The average Bonchev–Trinajstić information content (AvgIpc) is 3.37. The van der Waals surface area contributed by atoms with Crippen molar-refractivity contribution in [2.75, 3.05) is 19.3 Å². The fourth-order valence-corrected chi connectivity index (χ4v) is 5.64. The number of aryl methyl sites for hydroxylation is 1. The zero-order valence-corrected chi connectivity index (χ0v) is 20.9. The lowest BCUT2D eigenvalue weighted by atomic mass is 9.90. The van der Waals surface area contributed by atoms with Gasteiger partial charge in [-0.05, 0) is 30.7 Å². The van der Waals surface area contributed by atoms with Gasteiger partial charge in [-0.3, -0.25) is 9.39 Å². The van der Waals surface area contributed by atoms with Crippen LogP contribution in [-0.2, 0) is 16.6 Å². The van der Waals surface area contributed by atoms with Gasteiger partial charge < -0.3 is 9.98 Å². The lowest BCUT2D eigenvalue weighted by Crippen LogP contribution is -2.61. The summed E-state index contributed by atoms with van der Waals surface area (Å²) in [5.74, 6) is 0.769. The SMILES string of the molecule is Cc1nnc2ccc3c(cc(C(=N)CC=NC4(CC#N)CN(S(C)(=O)=O)C4)n3Cc3ccccc3)n12. The molecule has 11 heteroatoms. The fraction of sp³-hybridized carbons (Fsp3) is 0.320. The largest absolute Gasteiger partial charge is 0.334 e. The van der Waals surface area contributed by atoms with Crippen molar-refractivity contribution >= 4 is 38.6 Å². The number of sulfonamides is 1. The molecule has 0 unspecified atom stereocenters. The Balaban J connectivity index is 1.47. The van der Waals surface area contributed by atoms with E-state index in [-0.39, 0.29) is 25.9 Å². The van der Waals surface area contributed by atoms with E-state index in [1.165, 1.54) is 4.31 Å². The second-order valence-electron chi connectivity index (χ2n) is 9.23. The van der Waals surface area contributed by atoms with Gasteiger partial charge in [-0.1, -0.05) is 30.3 Å². The van der Waals surface area contributed by atoms with Gasteiger partial charge in [0.1, 0.15) is 11.4 Å². The van der Waals surface area contributed by atoms with Crippen LogP contribution in [0.25, 0.3) is 16.7 Å². The van der Waals surface area contributed by atoms with Crippen molar-refractivity contribution in [3.8, 4) is 6.07 Å². The van der Waals surface area contributed by atoms with Crippen molar-refractivity contribution < 1.29 is 8.42 Å². The maximum absolute atomic E-state index is 11.8. The first kappa shape index (κ1) is 23.8. The quantitative estimate of drug-likeness (QED) is 0.370. The van der Waals surface area contributed by atoms with Gasteiger partial charge in [-0.2, -0.15) is 9.57 Å². The summed E-state index contributed by atoms with van der Waals surface area (Å²) in [6.07, 6.45) is 3.18. The minimum absolute atomic E-state index is 0.127. The highest BCUT2D eigenvalue weighted by Gasteiger charge is 2.46. The van der Waals surface area contributed by atoms with Gasteiger partial charge in [0.15, 0.2) is 5.65 Å². The molecule has 5 rings (SSSR count). The monoisotopic (exact) mass is 502 g/mol.